The molecule has 0 bridgehead atoms. The van der Waals surface area contributed by atoms with E-state index in [0.717, 1.165) is 11.1 Å². The monoisotopic (exact) mass is 391 g/mol. The Morgan fingerprint density at radius 2 is 1.76 bits per heavy atom. The number of nitrogens with one attached hydrogen (secondary N) is 2. The van der Waals surface area contributed by atoms with E-state index in [0.29, 0.717) is 17.7 Å². The number of rotatable bonds is 6. The zero-order chi connectivity index (χ0) is 20.2. The summed E-state index contributed by atoms with van der Waals surface area (Å²) in [6.07, 6.45) is 3.16. The number of hydrogen-bond acceptors (Lipinski definition) is 4. The van der Waals surface area contributed by atoms with Crippen molar-refractivity contribution in [2.45, 2.75) is 18.0 Å². The fourth-order valence-corrected chi connectivity index (χ4v) is 3.85. The van der Waals surface area contributed by atoms with Crippen molar-refractivity contribution in [1.82, 2.24) is 15.6 Å². The van der Waals surface area contributed by atoms with Gasteiger partial charge in [0.15, 0.2) is 0 Å². The number of hydrogen-bond donors (Lipinski definition) is 3. The van der Waals surface area contributed by atoms with Crippen molar-refractivity contribution in [2.75, 3.05) is 13.2 Å². The summed E-state index contributed by atoms with van der Waals surface area (Å²) in [5.74, 6) is -0.349. The molecule has 29 heavy (non-hydrogen) atoms. The fraction of sp³-hybridized carbons (Fsp3) is 0.217. The summed E-state index contributed by atoms with van der Waals surface area (Å²) in [5, 5.41) is 15.9. The second-order valence-corrected chi connectivity index (χ2v) is 7.14. The highest BCUT2D eigenvalue weighted by atomic mass is 19.1. The molecular formula is C23H22FN3O2. The lowest BCUT2D eigenvalue weighted by Gasteiger charge is -2.46. The van der Waals surface area contributed by atoms with Gasteiger partial charge in [0, 0.05) is 48.1 Å². The Bertz CT molecular complexity index is 979. The first-order valence-electron chi connectivity index (χ1n) is 9.57. The number of carbonyl (C=O) groups excluding carboxylic acids is 1. The summed E-state index contributed by atoms with van der Waals surface area (Å²) in [5.41, 5.74) is 2.97. The Morgan fingerprint density at radius 1 is 1.03 bits per heavy atom. The quantitative estimate of drug-likeness (QED) is 0.604. The Hall–Kier alpha value is -3.09. The van der Waals surface area contributed by atoms with Crippen LogP contribution >= 0.6 is 0 Å². The normalized spacial score (nSPS) is 20.7. The third-order valence-corrected chi connectivity index (χ3v) is 5.40. The number of aliphatic hydroxyl groups is 1. The molecule has 1 amide bonds. The van der Waals surface area contributed by atoms with Crippen LogP contribution in [0, 0.1) is 5.82 Å². The van der Waals surface area contributed by atoms with E-state index >= 15 is 0 Å². The molecule has 2 heterocycles. The van der Waals surface area contributed by atoms with Gasteiger partial charge in [0.1, 0.15) is 5.82 Å². The minimum absolute atomic E-state index is 0.00846. The van der Waals surface area contributed by atoms with E-state index in [-0.39, 0.29) is 36.3 Å². The Labute approximate surface area is 168 Å². The Morgan fingerprint density at radius 3 is 2.45 bits per heavy atom. The van der Waals surface area contributed by atoms with E-state index in [9.17, 15) is 14.3 Å². The predicted octanol–water partition coefficient (Wildman–Crippen LogP) is 2.73. The van der Waals surface area contributed by atoms with Gasteiger partial charge in [-0.05, 0) is 29.3 Å². The highest BCUT2D eigenvalue weighted by molar-refractivity contribution is 5.94. The van der Waals surface area contributed by atoms with Crippen molar-refractivity contribution in [3.05, 3.63) is 90.0 Å². The van der Waals surface area contributed by atoms with Gasteiger partial charge in [-0.2, -0.15) is 0 Å². The van der Waals surface area contributed by atoms with Crippen molar-refractivity contribution in [3.8, 4) is 11.1 Å². The highest BCUT2D eigenvalue weighted by Crippen LogP contribution is 2.33. The molecule has 0 saturated carbocycles. The minimum atomic E-state index is -0.254. The zero-order valence-electron chi connectivity index (χ0n) is 15.8. The smallest absolute Gasteiger partial charge is 0.251 e. The van der Waals surface area contributed by atoms with Crippen molar-refractivity contribution in [1.29, 1.82) is 0 Å². The van der Waals surface area contributed by atoms with Crippen molar-refractivity contribution in [3.63, 3.8) is 0 Å². The summed E-state index contributed by atoms with van der Waals surface area (Å²) in [6.45, 7) is 0.450. The molecule has 5 nitrogen and oxygen atoms in total. The molecule has 0 unspecified atom stereocenters. The lowest BCUT2D eigenvalue weighted by Crippen LogP contribution is -2.64. The van der Waals surface area contributed by atoms with E-state index in [4.69, 9.17) is 0 Å². The van der Waals surface area contributed by atoms with Gasteiger partial charge in [-0.3, -0.25) is 9.78 Å². The van der Waals surface area contributed by atoms with E-state index in [1.165, 1.54) is 6.07 Å². The van der Waals surface area contributed by atoms with Crippen LogP contribution in [0.3, 0.4) is 0 Å². The fourth-order valence-electron chi connectivity index (χ4n) is 3.85. The predicted molar refractivity (Wildman–Crippen MR) is 109 cm³/mol. The Kier molecular flexibility index (Phi) is 5.64. The first kappa shape index (κ1) is 19.2. The van der Waals surface area contributed by atoms with Crippen LogP contribution in [0.4, 0.5) is 4.39 Å². The van der Waals surface area contributed by atoms with Crippen LogP contribution in [0.2, 0.25) is 0 Å². The van der Waals surface area contributed by atoms with Crippen molar-refractivity contribution in [2.24, 2.45) is 0 Å². The summed E-state index contributed by atoms with van der Waals surface area (Å²) in [6, 6.07) is 17.7. The number of aromatic nitrogens is 1. The van der Waals surface area contributed by atoms with Crippen LogP contribution in [0.25, 0.3) is 11.1 Å². The maximum atomic E-state index is 14.0. The van der Waals surface area contributed by atoms with Gasteiger partial charge in [-0.25, -0.2) is 4.39 Å². The van der Waals surface area contributed by atoms with Gasteiger partial charge >= 0.3 is 0 Å². The third-order valence-electron chi connectivity index (χ3n) is 5.40. The molecule has 6 heteroatoms. The van der Waals surface area contributed by atoms with E-state index < -0.39 is 0 Å². The number of nitrogens with zero attached hydrogens (tertiary/aromatic N) is 1. The molecule has 3 atom stereocenters. The SMILES string of the molecule is O=C(NC[C@@H]1N[C@@H](CO)[C@H]1c1ccc(-c2ccccc2F)cc1)c1ccncc1. The molecule has 0 radical (unpaired) electrons. The number of halogens is 1. The summed E-state index contributed by atoms with van der Waals surface area (Å²) >= 11 is 0. The zero-order valence-corrected chi connectivity index (χ0v) is 15.8. The second kappa shape index (κ2) is 8.51. The molecule has 1 aliphatic rings. The van der Waals surface area contributed by atoms with E-state index in [1.54, 1.807) is 36.7 Å². The number of pyridine rings is 1. The minimum Gasteiger partial charge on any atom is -0.395 e. The van der Waals surface area contributed by atoms with Crippen molar-refractivity contribution >= 4 is 5.91 Å². The molecule has 3 aromatic rings. The molecule has 1 fully saturated rings. The largest absolute Gasteiger partial charge is 0.395 e. The molecule has 1 aromatic heterocycles. The van der Waals surface area contributed by atoms with Crippen LogP contribution in [-0.4, -0.2) is 41.2 Å². The first-order chi connectivity index (χ1) is 14.2. The lowest BCUT2D eigenvalue weighted by atomic mass is 9.77. The summed E-state index contributed by atoms with van der Waals surface area (Å²) < 4.78 is 14.0. The standard InChI is InChI=1S/C23H22FN3O2/c24-19-4-2-1-3-18(19)15-5-7-16(8-6-15)22-20(27-21(22)14-28)13-26-23(29)17-9-11-25-12-10-17/h1-12,20-22,27-28H,13-14H2,(H,26,29)/t20-,21-,22-/m0/s1. The third kappa shape index (κ3) is 4.04. The molecule has 4 rings (SSSR count). The van der Waals surface area contributed by atoms with E-state index in [1.807, 2.05) is 30.3 Å². The van der Waals surface area contributed by atoms with Gasteiger partial charge < -0.3 is 15.7 Å². The molecular weight excluding hydrogens is 369 g/mol. The summed E-state index contributed by atoms with van der Waals surface area (Å²) in [7, 11) is 0. The van der Waals surface area contributed by atoms with Gasteiger partial charge in [-0.1, -0.05) is 42.5 Å². The average Bonchev–Trinajstić information content (AvgIpc) is 2.75. The molecule has 148 valence electrons. The van der Waals surface area contributed by atoms with Gasteiger partial charge in [0.05, 0.1) is 6.61 Å². The molecule has 1 saturated heterocycles. The number of benzene rings is 2. The first-order valence-corrected chi connectivity index (χ1v) is 9.57. The van der Waals surface area contributed by atoms with Gasteiger partial charge in [0.25, 0.3) is 5.91 Å². The van der Waals surface area contributed by atoms with E-state index in [2.05, 4.69) is 15.6 Å². The van der Waals surface area contributed by atoms with Gasteiger partial charge in [-0.15, -0.1) is 0 Å². The number of carbonyl (C=O) groups is 1. The van der Waals surface area contributed by atoms with Crippen LogP contribution in [0.15, 0.2) is 73.1 Å². The second-order valence-electron chi connectivity index (χ2n) is 7.14. The lowest BCUT2D eigenvalue weighted by molar-refractivity contribution is 0.0910. The molecule has 0 spiro atoms. The molecule has 3 N–H and O–H groups in total. The number of aliphatic hydroxyl groups excluding tert-OH is 1. The maximum absolute atomic E-state index is 14.0. The average molecular weight is 391 g/mol. The van der Waals surface area contributed by atoms with Crippen molar-refractivity contribution < 1.29 is 14.3 Å². The Balaban J connectivity index is 1.45. The summed E-state index contributed by atoms with van der Waals surface area (Å²) in [4.78, 5) is 16.2. The van der Waals surface area contributed by atoms with Crippen LogP contribution in [-0.2, 0) is 0 Å². The highest BCUT2D eigenvalue weighted by Gasteiger charge is 2.40. The van der Waals surface area contributed by atoms with Crippen LogP contribution < -0.4 is 10.6 Å². The van der Waals surface area contributed by atoms with Crippen LogP contribution in [0.1, 0.15) is 21.8 Å². The van der Waals surface area contributed by atoms with Crippen LogP contribution in [0.5, 0.6) is 0 Å². The number of amides is 1. The topological polar surface area (TPSA) is 74.2 Å². The molecule has 1 aliphatic heterocycles. The van der Waals surface area contributed by atoms with Gasteiger partial charge in [0.2, 0.25) is 0 Å². The molecule has 0 aliphatic carbocycles. The molecule has 2 aromatic carbocycles. The maximum Gasteiger partial charge on any atom is 0.251 e.